The highest BCUT2D eigenvalue weighted by molar-refractivity contribution is 7.80. The first-order valence-electron chi connectivity index (χ1n) is 10.8. The van der Waals surface area contributed by atoms with E-state index in [1.807, 2.05) is 6.92 Å². The molecule has 1 aromatic rings. The number of hydrogen-bond donors (Lipinski definition) is 7. The van der Waals surface area contributed by atoms with E-state index in [2.05, 4.69) is 28.6 Å². The molecular formula is C22H32N4O7S. The van der Waals surface area contributed by atoms with Crippen molar-refractivity contribution in [3.8, 4) is 0 Å². The lowest BCUT2D eigenvalue weighted by molar-refractivity contribution is -0.142. The molecule has 0 bridgehead atoms. The number of carbonyl (C=O) groups excluding carboxylic acids is 3. The Labute approximate surface area is 203 Å². The summed E-state index contributed by atoms with van der Waals surface area (Å²) in [6.07, 6.45) is -0.143. The molecule has 0 aliphatic carbocycles. The maximum Gasteiger partial charge on any atom is 0.327 e. The number of amides is 3. The third-order valence-corrected chi connectivity index (χ3v) is 5.65. The molecule has 188 valence electrons. The van der Waals surface area contributed by atoms with Crippen LogP contribution in [0.25, 0.3) is 0 Å². The van der Waals surface area contributed by atoms with E-state index in [1.165, 1.54) is 0 Å². The Morgan fingerprint density at radius 3 is 1.94 bits per heavy atom. The number of hydrogen-bond acceptors (Lipinski definition) is 7. The zero-order chi connectivity index (χ0) is 25.8. The third-order valence-electron chi connectivity index (χ3n) is 5.28. The fourth-order valence-corrected chi connectivity index (χ4v) is 3.20. The second-order valence-electron chi connectivity index (χ2n) is 7.90. The highest BCUT2D eigenvalue weighted by Crippen LogP contribution is 2.08. The van der Waals surface area contributed by atoms with Crippen LogP contribution in [0.5, 0.6) is 0 Å². The summed E-state index contributed by atoms with van der Waals surface area (Å²) < 4.78 is 0. The largest absolute Gasteiger partial charge is 0.481 e. The lowest BCUT2D eigenvalue weighted by Crippen LogP contribution is -2.58. The Balaban J connectivity index is 3.10. The van der Waals surface area contributed by atoms with Crippen LogP contribution >= 0.6 is 12.6 Å². The summed E-state index contributed by atoms with van der Waals surface area (Å²) in [5.74, 6) is -5.44. The van der Waals surface area contributed by atoms with E-state index >= 15 is 0 Å². The van der Waals surface area contributed by atoms with E-state index in [4.69, 9.17) is 5.73 Å². The topological polar surface area (TPSA) is 188 Å². The number of nitrogens with one attached hydrogen (secondary N) is 3. The standard InChI is InChI=1S/C22H32N4O7S/c1-3-12(2)18(23)21(31)25-15(10-17(27)28)20(30)24-14(9-13-7-5-4-6-8-13)19(29)26-16(11-34)22(32)33/h4-8,12,14-16,18,34H,3,9-11,23H2,1-2H3,(H,24,30)(H,25,31)(H,26,29)(H,27,28)(H,32,33). The molecule has 0 aliphatic heterocycles. The molecule has 34 heavy (non-hydrogen) atoms. The first-order valence-corrected chi connectivity index (χ1v) is 11.4. The summed E-state index contributed by atoms with van der Waals surface area (Å²) in [5.41, 5.74) is 6.55. The third kappa shape index (κ3) is 9.40. The smallest absolute Gasteiger partial charge is 0.327 e. The van der Waals surface area contributed by atoms with Gasteiger partial charge in [-0.2, -0.15) is 12.6 Å². The molecule has 1 aromatic carbocycles. The lowest BCUT2D eigenvalue weighted by atomic mass is 9.98. The molecule has 7 N–H and O–H groups in total. The summed E-state index contributed by atoms with van der Waals surface area (Å²) in [4.78, 5) is 60.8. The highest BCUT2D eigenvalue weighted by atomic mass is 32.1. The Bertz CT molecular complexity index is 868. The van der Waals surface area contributed by atoms with Gasteiger partial charge in [-0.25, -0.2) is 4.79 Å². The summed E-state index contributed by atoms with van der Waals surface area (Å²) >= 11 is 3.91. The number of nitrogens with two attached hydrogens (primary N) is 1. The average molecular weight is 497 g/mol. The van der Waals surface area contributed by atoms with Gasteiger partial charge in [0.1, 0.15) is 18.1 Å². The van der Waals surface area contributed by atoms with Crippen LogP contribution in [-0.2, 0) is 30.4 Å². The van der Waals surface area contributed by atoms with Gasteiger partial charge in [-0.05, 0) is 11.5 Å². The number of aliphatic carboxylic acids is 2. The van der Waals surface area contributed by atoms with Gasteiger partial charge < -0.3 is 31.9 Å². The predicted molar refractivity (Wildman–Crippen MR) is 127 cm³/mol. The molecule has 11 nitrogen and oxygen atoms in total. The first kappa shape index (κ1) is 28.9. The zero-order valence-corrected chi connectivity index (χ0v) is 20.0. The fourth-order valence-electron chi connectivity index (χ4n) is 2.95. The molecule has 0 spiro atoms. The van der Waals surface area contributed by atoms with E-state index in [0.717, 1.165) is 0 Å². The molecule has 0 aliphatic rings. The second-order valence-corrected chi connectivity index (χ2v) is 8.27. The van der Waals surface area contributed by atoms with Crippen molar-refractivity contribution >= 4 is 42.3 Å². The molecule has 0 aromatic heterocycles. The molecule has 0 radical (unpaired) electrons. The number of carboxylic acids is 2. The average Bonchev–Trinajstić information content (AvgIpc) is 2.80. The first-order chi connectivity index (χ1) is 16.0. The minimum atomic E-state index is -1.49. The summed E-state index contributed by atoms with van der Waals surface area (Å²) in [5, 5.41) is 25.5. The van der Waals surface area contributed by atoms with Crippen LogP contribution in [-0.4, -0.2) is 69.8 Å². The molecular weight excluding hydrogens is 464 g/mol. The fraction of sp³-hybridized carbons (Fsp3) is 0.500. The summed E-state index contributed by atoms with van der Waals surface area (Å²) in [6.45, 7) is 3.58. The van der Waals surface area contributed by atoms with Crippen molar-refractivity contribution in [2.24, 2.45) is 11.7 Å². The van der Waals surface area contributed by atoms with Gasteiger partial charge in [0.2, 0.25) is 17.7 Å². The van der Waals surface area contributed by atoms with E-state index in [0.29, 0.717) is 12.0 Å². The number of rotatable bonds is 14. The Kier molecular flexibility index (Phi) is 12.1. The summed E-state index contributed by atoms with van der Waals surface area (Å²) in [6, 6.07) is 3.64. The van der Waals surface area contributed by atoms with Crippen molar-refractivity contribution in [2.75, 3.05) is 5.75 Å². The van der Waals surface area contributed by atoms with Crippen LogP contribution in [0.1, 0.15) is 32.3 Å². The van der Waals surface area contributed by atoms with E-state index in [9.17, 15) is 34.2 Å². The molecule has 12 heteroatoms. The van der Waals surface area contributed by atoms with Crippen LogP contribution in [0, 0.1) is 5.92 Å². The molecule has 3 amide bonds. The molecule has 0 fully saturated rings. The van der Waals surface area contributed by atoms with Gasteiger partial charge in [0.15, 0.2) is 0 Å². The van der Waals surface area contributed by atoms with Crippen molar-refractivity contribution in [1.82, 2.24) is 16.0 Å². The maximum absolute atomic E-state index is 12.9. The Hall–Kier alpha value is -3.12. The van der Waals surface area contributed by atoms with E-state index < -0.39 is 60.2 Å². The quantitative estimate of drug-likeness (QED) is 0.169. The van der Waals surface area contributed by atoms with Gasteiger partial charge in [-0.3, -0.25) is 19.2 Å². The van der Waals surface area contributed by atoms with Crippen LogP contribution in [0.4, 0.5) is 0 Å². The van der Waals surface area contributed by atoms with Crippen molar-refractivity contribution in [3.05, 3.63) is 35.9 Å². The minimum Gasteiger partial charge on any atom is -0.481 e. The molecule has 0 saturated carbocycles. The molecule has 1 rings (SSSR count). The van der Waals surface area contributed by atoms with Crippen molar-refractivity contribution in [2.45, 2.75) is 57.3 Å². The summed E-state index contributed by atoms with van der Waals surface area (Å²) in [7, 11) is 0. The number of carbonyl (C=O) groups is 5. The lowest BCUT2D eigenvalue weighted by Gasteiger charge is -2.25. The monoisotopic (exact) mass is 496 g/mol. The number of benzene rings is 1. The van der Waals surface area contributed by atoms with Gasteiger partial charge >= 0.3 is 11.9 Å². The molecule has 0 heterocycles. The van der Waals surface area contributed by atoms with Crippen LogP contribution in [0.3, 0.4) is 0 Å². The second kappa shape index (κ2) is 14.2. The van der Waals surface area contributed by atoms with Crippen molar-refractivity contribution < 1.29 is 34.2 Å². The van der Waals surface area contributed by atoms with Crippen LogP contribution in [0.2, 0.25) is 0 Å². The Morgan fingerprint density at radius 1 is 0.912 bits per heavy atom. The van der Waals surface area contributed by atoms with Gasteiger partial charge in [-0.15, -0.1) is 0 Å². The molecule has 0 saturated heterocycles. The van der Waals surface area contributed by atoms with Gasteiger partial charge in [0.25, 0.3) is 0 Å². The molecule has 5 atom stereocenters. The van der Waals surface area contributed by atoms with Gasteiger partial charge in [-0.1, -0.05) is 50.6 Å². The predicted octanol–water partition coefficient (Wildman–Crippen LogP) is -0.454. The van der Waals surface area contributed by atoms with Crippen LogP contribution in [0.15, 0.2) is 30.3 Å². The van der Waals surface area contributed by atoms with E-state index in [1.54, 1.807) is 37.3 Å². The van der Waals surface area contributed by atoms with Crippen molar-refractivity contribution in [3.63, 3.8) is 0 Å². The molecule has 5 unspecified atom stereocenters. The van der Waals surface area contributed by atoms with Crippen molar-refractivity contribution in [1.29, 1.82) is 0 Å². The number of thiol groups is 1. The van der Waals surface area contributed by atoms with Gasteiger partial charge in [0.05, 0.1) is 12.5 Å². The highest BCUT2D eigenvalue weighted by Gasteiger charge is 2.32. The normalized spacial score (nSPS) is 15.2. The zero-order valence-electron chi connectivity index (χ0n) is 19.1. The SMILES string of the molecule is CCC(C)C(N)C(=O)NC(CC(=O)O)C(=O)NC(Cc1ccccc1)C(=O)NC(CS)C(=O)O. The van der Waals surface area contributed by atoms with Crippen LogP contribution < -0.4 is 21.7 Å². The number of carboxylic acid groups (broad SMARTS) is 2. The Morgan fingerprint density at radius 2 is 1.44 bits per heavy atom. The van der Waals surface area contributed by atoms with E-state index in [-0.39, 0.29) is 18.1 Å². The minimum absolute atomic E-state index is 0.00254. The maximum atomic E-state index is 12.9. The van der Waals surface area contributed by atoms with Gasteiger partial charge in [0, 0.05) is 12.2 Å².